The van der Waals surface area contributed by atoms with E-state index in [0.717, 1.165) is 31.2 Å². The zero-order valence-corrected chi connectivity index (χ0v) is 9.28. The van der Waals surface area contributed by atoms with Crippen LogP contribution in [0.1, 0.15) is 31.2 Å². The summed E-state index contributed by atoms with van der Waals surface area (Å²) in [6.45, 7) is 0. The highest BCUT2D eigenvalue weighted by molar-refractivity contribution is 5.90. The van der Waals surface area contributed by atoms with Gasteiger partial charge in [-0.2, -0.15) is 0 Å². The van der Waals surface area contributed by atoms with E-state index in [9.17, 15) is 4.79 Å². The van der Waals surface area contributed by atoms with Crippen molar-refractivity contribution in [2.24, 2.45) is 5.73 Å². The zero-order valence-electron chi connectivity index (χ0n) is 9.28. The first-order valence-electron chi connectivity index (χ1n) is 5.63. The van der Waals surface area contributed by atoms with Gasteiger partial charge in [-0.3, -0.25) is 4.79 Å². The number of hydrogen-bond acceptors (Lipinski definition) is 4. The lowest BCUT2D eigenvalue weighted by molar-refractivity contribution is -0.123. The maximum absolute atomic E-state index is 12.1. The van der Waals surface area contributed by atoms with E-state index in [2.05, 4.69) is 4.98 Å². The first-order chi connectivity index (χ1) is 7.62. The maximum Gasteiger partial charge on any atom is 0.157 e. The summed E-state index contributed by atoms with van der Waals surface area (Å²) in [6.07, 6.45) is 5.61. The molecule has 0 bridgehead atoms. The van der Waals surface area contributed by atoms with Crippen LogP contribution in [0.3, 0.4) is 0 Å². The highest BCUT2D eigenvalue weighted by Crippen LogP contribution is 2.29. The second kappa shape index (κ2) is 4.22. The van der Waals surface area contributed by atoms with Gasteiger partial charge in [0, 0.05) is 18.2 Å². The van der Waals surface area contributed by atoms with Crippen molar-refractivity contribution in [2.75, 3.05) is 5.73 Å². The molecule has 4 nitrogen and oxygen atoms in total. The number of rotatable bonds is 3. The molecular weight excluding hydrogens is 202 g/mol. The Hall–Kier alpha value is -1.42. The third kappa shape index (κ3) is 2.07. The molecule has 1 aliphatic rings. The molecule has 0 saturated heterocycles. The van der Waals surface area contributed by atoms with Crippen LogP contribution in [0.25, 0.3) is 0 Å². The van der Waals surface area contributed by atoms with Gasteiger partial charge in [0.15, 0.2) is 5.78 Å². The van der Waals surface area contributed by atoms with E-state index >= 15 is 0 Å². The number of nitrogens with two attached hydrogens (primary N) is 2. The number of anilines is 1. The third-order valence-electron chi connectivity index (χ3n) is 3.33. The van der Waals surface area contributed by atoms with Crippen molar-refractivity contribution in [3.63, 3.8) is 0 Å². The van der Waals surface area contributed by atoms with Crippen LogP contribution in [0, 0.1) is 0 Å². The van der Waals surface area contributed by atoms with Crippen LogP contribution in [0.4, 0.5) is 5.82 Å². The predicted molar refractivity (Wildman–Crippen MR) is 62.7 cm³/mol. The molecule has 2 rings (SSSR count). The Balaban J connectivity index is 2.10. The topological polar surface area (TPSA) is 82.0 Å². The third-order valence-corrected chi connectivity index (χ3v) is 3.33. The SMILES string of the molecule is Nc1ncccc1CC(=O)C1(N)CCCC1. The minimum atomic E-state index is -0.623. The molecule has 1 heterocycles. The molecular formula is C12H17N3O. The summed E-state index contributed by atoms with van der Waals surface area (Å²) in [5.41, 5.74) is 12.0. The first-order valence-corrected chi connectivity index (χ1v) is 5.63. The van der Waals surface area contributed by atoms with Crippen LogP contribution in [-0.4, -0.2) is 16.3 Å². The number of nitrogen functional groups attached to an aromatic ring is 1. The van der Waals surface area contributed by atoms with E-state index in [-0.39, 0.29) is 5.78 Å². The number of pyridine rings is 1. The molecule has 4 heteroatoms. The molecule has 1 saturated carbocycles. The first kappa shape index (κ1) is 11.1. The predicted octanol–water partition coefficient (Wildman–Crippen LogP) is 1.05. The lowest BCUT2D eigenvalue weighted by Gasteiger charge is -2.21. The largest absolute Gasteiger partial charge is 0.383 e. The van der Waals surface area contributed by atoms with Crippen molar-refractivity contribution in [2.45, 2.75) is 37.6 Å². The zero-order chi connectivity index (χ0) is 11.6. The molecule has 0 atom stereocenters. The van der Waals surface area contributed by atoms with Gasteiger partial charge in [0.25, 0.3) is 0 Å². The Labute approximate surface area is 95.0 Å². The fourth-order valence-electron chi connectivity index (χ4n) is 2.23. The van der Waals surface area contributed by atoms with Gasteiger partial charge in [0.05, 0.1) is 5.54 Å². The normalized spacial score (nSPS) is 18.6. The maximum atomic E-state index is 12.1. The molecule has 1 aromatic heterocycles. The molecule has 86 valence electrons. The Morgan fingerprint density at radius 1 is 1.44 bits per heavy atom. The van der Waals surface area contributed by atoms with Gasteiger partial charge < -0.3 is 11.5 Å². The van der Waals surface area contributed by atoms with Crippen LogP contribution < -0.4 is 11.5 Å². The van der Waals surface area contributed by atoms with E-state index in [1.807, 2.05) is 6.07 Å². The van der Waals surface area contributed by atoms with Gasteiger partial charge in [0.1, 0.15) is 5.82 Å². The van der Waals surface area contributed by atoms with Gasteiger partial charge in [-0.25, -0.2) is 4.98 Å². The Kier molecular flexibility index (Phi) is 2.92. The molecule has 0 radical (unpaired) electrons. The van der Waals surface area contributed by atoms with Crippen molar-refractivity contribution in [1.29, 1.82) is 0 Å². The van der Waals surface area contributed by atoms with Gasteiger partial charge in [-0.1, -0.05) is 18.9 Å². The van der Waals surface area contributed by atoms with Crippen molar-refractivity contribution in [1.82, 2.24) is 4.98 Å². The van der Waals surface area contributed by atoms with Gasteiger partial charge in [0.2, 0.25) is 0 Å². The average Bonchev–Trinajstić information content (AvgIpc) is 2.70. The summed E-state index contributed by atoms with van der Waals surface area (Å²) in [5, 5.41) is 0. The number of aromatic nitrogens is 1. The lowest BCUT2D eigenvalue weighted by Crippen LogP contribution is -2.46. The fraction of sp³-hybridized carbons (Fsp3) is 0.500. The number of nitrogens with zero attached hydrogens (tertiary/aromatic N) is 1. The van der Waals surface area contributed by atoms with Crippen LogP contribution in [0.2, 0.25) is 0 Å². The molecule has 1 aliphatic carbocycles. The van der Waals surface area contributed by atoms with E-state index < -0.39 is 5.54 Å². The second-order valence-electron chi connectivity index (χ2n) is 4.51. The van der Waals surface area contributed by atoms with Crippen molar-refractivity contribution in [3.05, 3.63) is 23.9 Å². The van der Waals surface area contributed by atoms with Crippen molar-refractivity contribution >= 4 is 11.6 Å². The number of ketones is 1. The summed E-state index contributed by atoms with van der Waals surface area (Å²) in [6, 6.07) is 3.62. The summed E-state index contributed by atoms with van der Waals surface area (Å²) in [7, 11) is 0. The van der Waals surface area contributed by atoms with E-state index in [0.29, 0.717) is 12.2 Å². The van der Waals surface area contributed by atoms with Gasteiger partial charge >= 0.3 is 0 Å². The second-order valence-corrected chi connectivity index (χ2v) is 4.51. The Morgan fingerprint density at radius 3 is 2.75 bits per heavy atom. The lowest BCUT2D eigenvalue weighted by atomic mass is 9.89. The number of hydrogen-bond donors (Lipinski definition) is 2. The van der Waals surface area contributed by atoms with Gasteiger partial charge in [-0.15, -0.1) is 0 Å². The quantitative estimate of drug-likeness (QED) is 0.796. The van der Waals surface area contributed by atoms with Crippen LogP contribution in [-0.2, 0) is 11.2 Å². The number of carbonyl (C=O) groups excluding carboxylic acids is 1. The monoisotopic (exact) mass is 219 g/mol. The van der Waals surface area contributed by atoms with Gasteiger partial charge in [-0.05, 0) is 18.9 Å². The Morgan fingerprint density at radius 2 is 2.12 bits per heavy atom. The van der Waals surface area contributed by atoms with Crippen LogP contribution in [0.5, 0.6) is 0 Å². The summed E-state index contributed by atoms with van der Waals surface area (Å²) < 4.78 is 0. The minimum absolute atomic E-state index is 0.0877. The minimum Gasteiger partial charge on any atom is -0.383 e. The molecule has 1 aromatic rings. The highest BCUT2D eigenvalue weighted by atomic mass is 16.1. The van der Waals surface area contributed by atoms with Crippen molar-refractivity contribution < 1.29 is 4.79 Å². The van der Waals surface area contributed by atoms with E-state index in [1.54, 1.807) is 12.3 Å². The standard InChI is InChI=1S/C12H17N3O/c13-11-9(4-3-7-15-11)8-10(16)12(14)5-1-2-6-12/h3-4,7H,1-2,5-6,8,14H2,(H2,13,15). The Bertz CT molecular complexity index is 397. The molecule has 0 amide bonds. The number of Topliss-reactive ketones (excluding diaryl/α,β-unsaturated/α-hetero) is 1. The molecule has 16 heavy (non-hydrogen) atoms. The van der Waals surface area contributed by atoms with E-state index in [1.165, 1.54) is 0 Å². The van der Waals surface area contributed by atoms with Crippen molar-refractivity contribution in [3.8, 4) is 0 Å². The molecule has 0 aromatic carbocycles. The summed E-state index contributed by atoms with van der Waals surface area (Å²) in [5.74, 6) is 0.516. The summed E-state index contributed by atoms with van der Waals surface area (Å²) in [4.78, 5) is 16.0. The van der Waals surface area contributed by atoms with Crippen LogP contribution in [0.15, 0.2) is 18.3 Å². The molecule has 4 N–H and O–H groups in total. The molecule has 1 fully saturated rings. The molecule has 0 unspecified atom stereocenters. The summed E-state index contributed by atoms with van der Waals surface area (Å²) >= 11 is 0. The highest BCUT2D eigenvalue weighted by Gasteiger charge is 2.36. The molecule has 0 spiro atoms. The average molecular weight is 219 g/mol. The van der Waals surface area contributed by atoms with E-state index in [4.69, 9.17) is 11.5 Å². The molecule has 0 aliphatic heterocycles. The number of carbonyl (C=O) groups is 1. The fourth-order valence-corrected chi connectivity index (χ4v) is 2.23. The van der Waals surface area contributed by atoms with Crippen LogP contribution >= 0.6 is 0 Å². The smallest absolute Gasteiger partial charge is 0.157 e.